The minimum atomic E-state index is -0.0151. The Kier molecular flexibility index (Phi) is 6.51. The van der Waals surface area contributed by atoms with Crippen LogP contribution in [0.4, 0.5) is 11.9 Å². The average Bonchev–Trinajstić information content (AvgIpc) is 2.74. The molecule has 0 aliphatic carbocycles. The van der Waals surface area contributed by atoms with Crippen LogP contribution in [0.5, 0.6) is 0 Å². The normalized spacial score (nSPS) is 14.3. The van der Waals surface area contributed by atoms with E-state index in [-0.39, 0.29) is 5.91 Å². The molecule has 2 aromatic heterocycles. The third-order valence-electron chi connectivity index (χ3n) is 4.53. The van der Waals surface area contributed by atoms with Crippen LogP contribution >= 0.6 is 0 Å². The molecule has 0 aromatic carbocycles. The molecule has 3 heterocycles. The van der Waals surface area contributed by atoms with Crippen molar-refractivity contribution in [3.63, 3.8) is 0 Å². The van der Waals surface area contributed by atoms with Crippen LogP contribution in [0.2, 0.25) is 0 Å². The van der Waals surface area contributed by atoms with Gasteiger partial charge < -0.3 is 14.7 Å². The van der Waals surface area contributed by atoms with Crippen molar-refractivity contribution in [3.05, 3.63) is 36.4 Å². The standard InChI is InChI=1S/C19H27N7O/c1-3-10-24(11-4-2)17(27)16-6-9-22-19(23-16)26-14-12-25(13-15-26)18-20-7-5-8-21-18/h5-9H,3-4,10-15H2,1-2H3. The number of rotatable bonds is 7. The van der Waals surface area contributed by atoms with Crippen molar-refractivity contribution in [2.24, 2.45) is 0 Å². The number of hydrogen-bond donors (Lipinski definition) is 0. The van der Waals surface area contributed by atoms with Crippen LogP contribution in [-0.4, -0.2) is 70.0 Å². The summed E-state index contributed by atoms with van der Waals surface area (Å²) in [5.74, 6) is 1.35. The zero-order chi connectivity index (χ0) is 19.1. The second-order valence-corrected chi connectivity index (χ2v) is 6.56. The molecule has 8 nitrogen and oxygen atoms in total. The molecule has 2 aromatic rings. The molecule has 3 rings (SSSR count). The van der Waals surface area contributed by atoms with Crippen molar-refractivity contribution in [3.8, 4) is 0 Å². The molecule has 0 radical (unpaired) electrons. The summed E-state index contributed by atoms with van der Waals surface area (Å²) in [6, 6.07) is 3.52. The maximum Gasteiger partial charge on any atom is 0.272 e. The first kappa shape index (κ1) is 19.0. The van der Waals surface area contributed by atoms with Crippen LogP contribution in [0, 0.1) is 0 Å². The lowest BCUT2D eigenvalue weighted by atomic mass is 10.3. The van der Waals surface area contributed by atoms with Gasteiger partial charge in [-0.3, -0.25) is 4.79 Å². The Balaban J connectivity index is 1.66. The molecule has 0 N–H and O–H groups in total. The molecule has 0 saturated carbocycles. The lowest BCUT2D eigenvalue weighted by Crippen LogP contribution is -2.47. The van der Waals surface area contributed by atoms with Crippen molar-refractivity contribution >= 4 is 17.8 Å². The third kappa shape index (κ3) is 4.69. The van der Waals surface area contributed by atoms with Crippen molar-refractivity contribution in [2.45, 2.75) is 26.7 Å². The van der Waals surface area contributed by atoms with Gasteiger partial charge in [0.25, 0.3) is 5.91 Å². The van der Waals surface area contributed by atoms with Crippen molar-refractivity contribution < 1.29 is 4.79 Å². The summed E-state index contributed by atoms with van der Waals surface area (Å²) in [6.45, 7) is 8.79. The van der Waals surface area contributed by atoms with Crippen LogP contribution in [-0.2, 0) is 0 Å². The largest absolute Gasteiger partial charge is 0.337 e. The van der Waals surface area contributed by atoms with E-state index in [4.69, 9.17) is 0 Å². The van der Waals surface area contributed by atoms with E-state index in [9.17, 15) is 4.79 Å². The van der Waals surface area contributed by atoms with E-state index < -0.39 is 0 Å². The quantitative estimate of drug-likeness (QED) is 0.737. The Morgan fingerprint density at radius 1 is 0.926 bits per heavy atom. The molecule has 0 unspecified atom stereocenters. The summed E-state index contributed by atoms with van der Waals surface area (Å²) in [5, 5.41) is 0. The zero-order valence-corrected chi connectivity index (χ0v) is 16.1. The molecule has 1 aliphatic heterocycles. The minimum absolute atomic E-state index is 0.0151. The van der Waals surface area contributed by atoms with E-state index in [2.05, 4.69) is 43.6 Å². The summed E-state index contributed by atoms with van der Waals surface area (Å²) < 4.78 is 0. The number of amides is 1. The number of nitrogens with zero attached hydrogens (tertiary/aromatic N) is 7. The molecular formula is C19H27N7O. The molecule has 1 fully saturated rings. The highest BCUT2D eigenvalue weighted by Crippen LogP contribution is 2.15. The van der Waals surface area contributed by atoms with Crippen molar-refractivity contribution in [1.29, 1.82) is 0 Å². The molecule has 0 atom stereocenters. The van der Waals surface area contributed by atoms with Gasteiger partial charge in [0.2, 0.25) is 11.9 Å². The van der Waals surface area contributed by atoms with Gasteiger partial charge in [-0.1, -0.05) is 13.8 Å². The first-order valence-corrected chi connectivity index (χ1v) is 9.62. The molecule has 0 bridgehead atoms. The minimum Gasteiger partial charge on any atom is -0.337 e. The topological polar surface area (TPSA) is 78.4 Å². The van der Waals surface area contributed by atoms with E-state index in [1.807, 2.05) is 11.0 Å². The number of hydrogen-bond acceptors (Lipinski definition) is 7. The molecule has 0 spiro atoms. The fourth-order valence-corrected chi connectivity index (χ4v) is 3.20. The Morgan fingerprint density at radius 2 is 1.48 bits per heavy atom. The van der Waals surface area contributed by atoms with Crippen LogP contribution in [0.25, 0.3) is 0 Å². The molecule has 144 valence electrons. The fraction of sp³-hybridized carbons (Fsp3) is 0.526. The molecule has 1 aliphatic rings. The summed E-state index contributed by atoms with van der Waals surface area (Å²) in [6.07, 6.45) is 7.06. The van der Waals surface area contributed by atoms with Gasteiger partial charge >= 0.3 is 0 Å². The number of carbonyl (C=O) groups excluding carboxylic acids is 1. The van der Waals surface area contributed by atoms with Gasteiger partial charge in [-0.25, -0.2) is 19.9 Å². The Labute approximate surface area is 160 Å². The van der Waals surface area contributed by atoms with Crippen LogP contribution in [0.1, 0.15) is 37.2 Å². The predicted octanol–water partition coefficient (Wildman–Crippen LogP) is 1.86. The van der Waals surface area contributed by atoms with E-state index in [1.54, 1.807) is 24.7 Å². The van der Waals surface area contributed by atoms with E-state index in [1.165, 1.54) is 0 Å². The number of aromatic nitrogens is 4. The highest BCUT2D eigenvalue weighted by Gasteiger charge is 2.22. The highest BCUT2D eigenvalue weighted by atomic mass is 16.2. The van der Waals surface area contributed by atoms with Gasteiger partial charge in [0.1, 0.15) is 5.69 Å². The Morgan fingerprint density at radius 3 is 2.07 bits per heavy atom. The Hall–Kier alpha value is -2.77. The number of piperazine rings is 1. The lowest BCUT2D eigenvalue weighted by molar-refractivity contribution is 0.0749. The van der Waals surface area contributed by atoms with E-state index in [0.29, 0.717) is 11.6 Å². The molecule has 8 heteroatoms. The summed E-state index contributed by atoms with van der Waals surface area (Å²) in [5.41, 5.74) is 0.468. The lowest BCUT2D eigenvalue weighted by Gasteiger charge is -2.34. The van der Waals surface area contributed by atoms with Crippen molar-refractivity contribution in [1.82, 2.24) is 24.8 Å². The number of carbonyl (C=O) groups is 1. The zero-order valence-electron chi connectivity index (χ0n) is 16.1. The molecule has 1 saturated heterocycles. The second-order valence-electron chi connectivity index (χ2n) is 6.56. The predicted molar refractivity (Wildman–Crippen MR) is 105 cm³/mol. The summed E-state index contributed by atoms with van der Waals surface area (Å²) in [4.78, 5) is 36.5. The van der Waals surface area contributed by atoms with Crippen LogP contribution in [0.3, 0.4) is 0 Å². The molecular weight excluding hydrogens is 342 g/mol. The first-order valence-electron chi connectivity index (χ1n) is 9.62. The number of anilines is 2. The third-order valence-corrected chi connectivity index (χ3v) is 4.53. The van der Waals surface area contributed by atoms with E-state index in [0.717, 1.165) is 58.1 Å². The van der Waals surface area contributed by atoms with Gasteiger partial charge in [-0.2, -0.15) is 0 Å². The maximum atomic E-state index is 12.8. The van der Waals surface area contributed by atoms with Crippen LogP contribution in [0.15, 0.2) is 30.7 Å². The van der Waals surface area contributed by atoms with Gasteiger partial charge in [0.15, 0.2) is 0 Å². The SMILES string of the molecule is CCCN(CCC)C(=O)c1ccnc(N2CCN(c3ncccn3)CC2)n1. The maximum absolute atomic E-state index is 12.8. The van der Waals surface area contributed by atoms with Gasteiger partial charge in [-0.05, 0) is 25.0 Å². The van der Waals surface area contributed by atoms with E-state index >= 15 is 0 Å². The second kappa shape index (κ2) is 9.25. The van der Waals surface area contributed by atoms with Gasteiger partial charge in [0.05, 0.1) is 0 Å². The fourth-order valence-electron chi connectivity index (χ4n) is 3.20. The average molecular weight is 369 g/mol. The summed E-state index contributed by atoms with van der Waals surface area (Å²) in [7, 11) is 0. The van der Waals surface area contributed by atoms with Gasteiger partial charge in [0, 0.05) is 57.9 Å². The smallest absolute Gasteiger partial charge is 0.272 e. The van der Waals surface area contributed by atoms with Crippen molar-refractivity contribution in [2.75, 3.05) is 49.1 Å². The molecule has 27 heavy (non-hydrogen) atoms. The first-order chi connectivity index (χ1) is 13.2. The summed E-state index contributed by atoms with van der Waals surface area (Å²) >= 11 is 0. The monoisotopic (exact) mass is 369 g/mol. The van der Waals surface area contributed by atoms with Crippen LogP contribution < -0.4 is 9.80 Å². The Bertz CT molecular complexity index is 726. The van der Waals surface area contributed by atoms with Gasteiger partial charge in [-0.15, -0.1) is 0 Å². The molecule has 1 amide bonds. The highest BCUT2D eigenvalue weighted by molar-refractivity contribution is 5.92.